The molecule has 6 rings (SSSR count). The van der Waals surface area contributed by atoms with Crippen LogP contribution in [0.5, 0.6) is 0 Å². The number of nitrogens with zero attached hydrogens (tertiary/aromatic N) is 5. The van der Waals surface area contributed by atoms with E-state index in [-0.39, 0.29) is 51.0 Å². The van der Waals surface area contributed by atoms with E-state index in [2.05, 4.69) is 44.0 Å². The highest BCUT2D eigenvalue weighted by molar-refractivity contribution is 7.92. The Balaban J connectivity index is 1.54. The molecule has 1 aliphatic rings. The van der Waals surface area contributed by atoms with Crippen molar-refractivity contribution in [1.82, 2.24) is 29.9 Å². The van der Waals surface area contributed by atoms with E-state index in [1.54, 1.807) is 19.2 Å². The number of carbonyl (C=O) groups is 2. The Morgan fingerprint density at radius 3 is 2.41 bits per heavy atom. The smallest absolute Gasteiger partial charge is 0.290 e. The van der Waals surface area contributed by atoms with Crippen LogP contribution in [0.1, 0.15) is 67.4 Å². The molecule has 2 amide bonds. The molecule has 2 aromatic carbocycles. The molecule has 58 heavy (non-hydrogen) atoms. The molecule has 3 heterocycles. The first-order chi connectivity index (χ1) is 27.0. The Kier molecular flexibility index (Phi) is 11.2. The number of alkyl halides is 2. The average molecular weight is 841 g/mol. The third-order valence-electron chi connectivity index (χ3n) is 9.01. The van der Waals surface area contributed by atoms with E-state index < -0.39 is 75.6 Å². The maximum Gasteiger partial charge on any atom is 0.290 e. The second-order valence-electron chi connectivity index (χ2n) is 14.4. The van der Waals surface area contributed by atoms with Crippen LogP contribution in [0.25, 0.3) is 22.0 Å². The van der Waals surface area contributed by atoms with Crippen molar-refractivity contribution in [2.75, 3.05) is 16.3 Å². The third-order valence-corrected chi connectivity index (χ3v) is 9.89. The number of fused-ring (bicyclic) bond motifs is 2. The van der Waals surface area contributed by atoms with E-state index in [0.29, 0.717) is 22.7 Å². The first-order valence-corrected chi connectivity index (χ1v) is 19.8. The van der Waals surface area contributed by atoms with Crippen molar-refractivity contribution in [1.29, 1.82) is 0 Å². The summed E-state index contributed by atoms with van der Waals surface area (Å²) in [7, 11) is -2.27. The lowest BCUT2D eigenvalue weighted by Crippen LogP contribution is -2.35. The highest BCUT2D eigenvalue weighted by Crippen LogP contribution is 2.51. The maximum atomic E-state index is 15.5. The summed E-state index contributed by atoms with van der Waals surface area (Å²) in [6.45, 7) is 6.96. The number of carbonyl (C=O) groups excluding carboxylic acids is 2. The normalized spacial score (nSPS) is 15.3. The molecule has 1 aliphatic carbocycles. The van der Waals surface area contributed by atoms with Crippen LogP contribution in [0.15, 0.2) is 55.1 Å². The first-order valence-electron chi connectivity index (χ1n) is 17.6. The van der Waals surface area contributed by atoms with Crippen molar-refractivity contribution in [3.63, 3.8) is 0 Å². The summed E-state index contributed by atoms with van der Waals surface area (Å²) in [4.78, 5) is 30.9. The van der Waals surface area contributed by atoms with Crippen molar-refractivity contribution in [2.24, 2.45) is 7.05 Å². The number of pyridine rings is 1. The molecule has 4 N–H and O–H groups in total. The van der Waals surface area contributed by atoms with Crippen LogP contribution < -0.4 is 15.4 Å². The minimum absolute atomic E-state index is 0.0180. The summed E-state index contributed by atoms with van der Waals surface area (Å²) in [5.41, 5.74) is -0.728. The SMILES string of the molecule is C=CC1CC(F)(F)c2c1c(NC(C)=O)nn2CC(=O)NC(Cc1cc(F)cc(F)c1)c1nc(C#CC(C)(C)O)ccc1-c1ccc(Cl)c2c(NS(C)(=O)=O)nn(C)c12. The standard InChI is InChI=1S/C39H37ClF4N8O5S/c1-7-22-18-39(43,44)35-31(22)36(45-20(2)53)49-52(35)19-30(54)47-29(16-21-14-23(41)17-24(42)15-21)33-26(9-8-25(46-33)12-13-38(3,4)55)27-10-11-28(40)32-34(27)51(5)48-37(32)50-58(6,56)57/h7-11,14-15,17,22,29,55H,1,16,18-19H2,2-6H3,(H,47,54)(H,48,50)(H,45,49,53). The van der Waals surface area contributed by atoms with E-state index >= 15 is 8.78 Å². The monoisotopic (exact) mass is 840 g/mol. The van der Waals surface area contributed by atoms with Crippen LogP contribution in [0.3, 0.4) is 0 Å². The second kappa shape index (κ2) is 15.5. The molecular formula is C39H37ClF4N8O5S. The highest BCUT2D eigenvalue weighted by atomic mass is 35.5. The van der Waals surface area contributed by atoms with Gasteiger partial charge in [-0.05, 0) is 62.1 Å². The Hall–Kier alpha value is -5.77. The van der Waals surface area contributed by atoms with E-state index in [0.717, 1.165) is 23.1 Å². The predicted octanol–water partition coefficient (Wildman–Crippen LogP) is 6.08. The Bertz CT molecular complexity index is 2660. The zero-order chi connectivity index (χ0) is 42.5. The third kappa shape index (κ3) is 9.01. The molecule has 0 bridgehead atoms. The van der Waals surface area contributed by atoms with Gasteiger partial charge < -0.3 is 15.7 Å². The summed E-state index contributed by atoms with van der Waals surface area (Å²) in [5, 5.41) is 24.5. The van der Waals surface area contributed by atoms with Gasteiger partial charge in [-0.25, -0.2) is 22.2 Å². The van der Waals surface area contributed by atoms with E-state index in [1.165, 1.54) is 43.7 Å². The van der Waals surface area contributed by atoms with Gasteiger partial charge in [-0.3, -0.25) is 23.7 Å². The average Bonchev–Trinajstić information content (AvgIpc) is 3.71. The van der Waals surface area contributed by atoms with Crippen LogP contribution in [0.2, 0.25) is 5.02 Å². The lowest BCUT2D eigenvalue weighted by molar-refractivity contribution is -0.122. The summed E-state index contributed by atoms with van der Waals surface area (Å²) < 4.78 is 89.3. The lowest BCUT2D eigenvalue weighted by atomic mass is 9.93. The number of hydrogen-bond donors (Lipinski definition) is 4. The predicted molar refractivity (Wildman–Crippen MR) is 210 cm³/mol. The van der Waals surface area contributed by atoms with Gasteiger partial charge in [0.25, 0.3) is 5.92 Å². The molecule has 0 spiro atoms. The summed E-state index contributed by atoms with van der Waals surface area (Å²) in [6.07, 6.45) is 1.29. The van der Waals surface area contributed by atoms with Gasteiger partial charge in [0.15, 0.2) is 11.6 Å². The minimum Gasteiger partial charge on any atom is -0.378 e. The number of allylic oxidation sites excluding steroid dienone is 1. The van der Waals surface area contributed by atoms with E-state index in [4.69, 9.17) is 16.6 Å². The van der Waals surface area contributed by atoms with Gasteiger partial charge in [-0.2, -0.15) is 19.0 Å². The molecule has 5 aromatic rings. The number of hydrogen-bond acceptors (Lipinski definition) is 8. The molecule has 2 unspecified atom stereocenters. The number of anilines is 2. The fourth-order valence-corrected chi connectivity index (χ4v) is 7.65. The fourth-order valence-electron chi connectivity index (χ4n) is 6.92. The number of aryl methyl sites for hydroxylation is 1. The van der Waals surface area contributed by atoms with Gasteiger partial charge in [0, 0.05) is 49.1 Å². The van der Waals surface area contributed by atoms with Crippen LogP contribution in [-0.4, -0.2) is 61.7 Å². The highest BCUT2D eigenvalue weighted by Gasteiger charge is 2.50. The van der Waals surface area contributed by atoms with Crippen LogP contribution in [0, 0.1) is 23.5 Å². The summed E-state index contributed by atoms with van der Waals surface area (Å²) in [6, 6.07) is 7.74. The zero-order valence-electron chi connectivity index (χ0n) is 31.7. The zero-order valence-corrected chi connectivity index (χ0v) is 33.3. The fraction of sp³-hybridized carbons (Fsp3) is 0.308. The Labute approximate surface area is 335 Å². The van der Waals surface area contributed by atoms with Gasteiger partial charge in [0.05, 0.1) is 33.9 Å². The molecule has 0 saturated carbocycles. The molecular weight excluding hydrogens is 804 g/mol. The molecule has 13 nitrogen and oxygen atoms in total. The van der Waals surface area contributed by atoms with Crippen LogP contribution >= 0.6 is 11.6 Å². The van der Waals surface area contributed by atoms with Crippen molar-refractivity contribution in [2.45, 2.75) is 63.6 Å². The van der Waals surface area contributed by atoms with Crippen molar-refractivity contribution < 1.29 is 40.7 Å². The number of sulfonamides is 1. The molecule has 0 radical (unpaired) electrons. The van der Waals surface area contributed by atoms with Gasteiger partial charge in [-0.1, -0.05) is 29.7 Å². The quantitative estimate of drug-likeness (QED) is 0.0704. The molecule has 19 heteroatoms. The topological polar surface area (TPSA) is 173 Å². The number of amides is 2. The van der Waals surface area contributed by atoms with E-state index in [1.807, 2.05) is 0 Å². The molecule has 0 fully saturated rings. The van der Waals surface area contributed by atoms with Gasteiger partial charge in [0.1, 0.15) is 35.2 Å². The van der Waals surface area contributed by atoms with Crippen molar-refractivity contribution in [3.05, 3.63) is 100.0 Å². The van der Waals surface area contributed by atoms with Crippen molar-refractivity contribution >= 4 is 56.0 Å². The van der Waals surface area contributed by atoms with Gasteiger partial charge >= 0.3 is 0 Å². The maximum absolute atomic E-state index is 15.5. The summed E-state index contributed by atoms with van der Waals surface area (Å²) in [5.74, 6) is -2.37. The van der Waals surface area contributed by atoms with Gasteiger partial charge in [-0.15, -0.1) is 6.58 Å². The van der Waals surface area contributed by atoms with Crippen molar-refractivity contribution in [3.8, 4) is 23.0 Å². The molecule has 0 aliphatic heterocycles. The lowest BCUT2D eigenvalue weighted by Gasteiger charge is -2.23. The first kappa shape index (κ1) is 41.9. The molecule has 3 aromatic heterocycles. The van der Waals surface area contributed by atoms with Crippen LogP contribution in [0.4, 0.5) is 29.2 Å². The molecule has 304 valence electrons. The number of nitrogens with one attached hydrogen (secondary N) is 3. The van der Waals surface area contributed by atoms with Gasteiger partial charge in [0.2, 0.25) is 21.8 Å². The largest absolute Gasteiger partial charge is 0.378 e. The second-order valence-corrected chi connectivity index (χ2v) is 16.6. The number of rotatable bonds is 11. The number of aromatic nitrogens is 5. The van der Waals surface area contributed by atoms with E-state index in [9.17, 15) is 31.9 Å². The molecule has 2 atom stereocenters. The summed E-state index contributed by atoms with van der Waals surface area (Å²) >= 11 is 6.60. The molecule has 0 saturated heterocycles. The number of benzene rings is 2. The Morgan fingerprint density at radius 1 is 1.12 bits per heavy atom. The number of halogens is 5. The number of aliphatic hydroxyl groups is 1. The van der Waals surface area contributed by atoms with Crippen LogP contribution in [-0.2, 0) is 45.5 Å². The Morgan fingerprint density at radius 2 is 1.79 bits per heavy atom. The minimum atomic E-state index is -3.82.